The van der Waals surface area contributed by atoms with Crippen molar-refractivity contribution in [1.82, 2.24) is 0 Å². The first-order valence-electron chi connectivity index (χ1n) is 9.04. The summed E-state index contributed by atoms with van der Waals surface area (Å²) in [6, 6.07) is 15.1. The molecule has 1 heterocycles. The molecule has 0 saturated heterocycles. The van der Waals surface area contributed by atoms with Gasteiger partial charge in [-0.3, -0.25) is 4.79 Å². The van der Waals surface area contributed by atoms with Crippen LogP contribution in [0.15, 0.2) is 48.5 Å². The average Bonchev–Trinajstić information content (AvgIpc) is 3.11. The van der Waals surface area contributed by atoms with E-state index in [1.165, 1.54) is 0 Å². The summed E-state index contributed by atoms with van der Waals surface area (Å²) in [6.07, 6.45) is 0.836. The Morgan fingerprint density at radius 1 is 1.04 bits per heavy atom. The Hall–Kier alpha value is -2.82. The van der Waals surface area contributed by atoms with Gasteiger partial charge in [-0.25, -0.2) is 4.79 Å². The standard InChI is InChI=1S/C21H24N2O3/c1-3-22(4-2)18-11-9-17(10-12-18)21(25)26-15-20(24)23-14-13-16-7-5-6-8-19(16)23/h5-12H,3-4,13-15H2,1-2H3. The third-order valence-corrected chi connectivity index (χ3v) is 4.75. The van der Waals surface area contributed by atoms with E-state index in [0.29, 0.717) is 12.1 Å². The molecule has 2 aromatic rings. The summed E-state index contributed by atoms with van der Waals surface area (Å²) in [5, 5.41) is 0. The molecule has 1 aliphatic rings. The quantitative estimate of drug-likeness (QED) is 0.749. The molecule has 0 aliphatic carbocycles. The predicted octanol–water partition coefficient (Wildman–Crippen LogP) is 3.28. The van der Waals surface area contributed by atoms with Gasteiger partial charge in [-0.2, -0.15) is 0 Å². The van der Waals surface area contributed by atoms with Gasteiger partial charge in [-0.05, 0) is 56.2 Å². The Balaban J connectivity index is 1.58. The lowest BCUT2D eigenvalue weighted by molar-refractivity contribution is -0.121. The lowest BCUT2D eigenvalue weighted by Crippen LogP contribution is -2.33. The minimum atomic E-state index is -0.475. The van der Waals surface area contributed by atoms with Crippen molar-refractivity contribution < 1.29 is 14.3 Å². The summed E-state index contributed by atoms with van der Waals surface area (Å²) < 4.78 is 5.23. The number of amides is 1. The van der Waals surface area contributed by atoms with Crippen LogP contribution in [0.3, 0.4) is 0 Å². The summed E-state index contributed by atoms with van der Waals surface area (Å²) in [5.41, 5.74) is 3.59. The SMILES string of the molecule is CCN(CC)c1ccc(C(=O)OCC(=O)N2CCc3ccccc32)cc1. The Kier molecular flexibility index (Phi) is 5.56. The normalized spacial score (nSPS) is 12.6. The van der Waals surface area contributed by atoms with Crippen molar-refractivity contribution in [1.29, 1.82) is 0 Å². The molecule has 0 aromatic heterocycles. The predicted molar refractivity (Wildman–Crippen MR) is 103 cm³/mol. The maximum Gasteiger partial charge on any atom is 0.338 e. The molecule has 1 aliphatic heterocycles. The number of carbonyl (C=O) groups is 2. The first-order valence-corrected chi connectivity index (χ1v) is 9.04. The Bertz CT molecular complexity index is 782. The Labute approximate surface area is 154 Å². The maximum atomic E-state index is 12.4. The molecule has 136 valence electrons. The smallest absolute Gasteiger partial charge is 0.338 e. The van der Waals surface area contributed by atoms with E-state index in [4.69, 9.17) is 4.74 Å². The van der Waals surface area contributed by atoms with Crippen molar-refractivity contribution in [2.24, 2.45) is 0 Å². The molecule has 5 nitrogen and oxygen atoms in total. The lowest BCUT2D eigenvalue weighted by atomic mass is 10.2. The zero-order valence-electron chi connectivity index (χ0n) is 15.3. The number of hydrogen-bond acceptors (Lipinski definition) is 4. The van der Waals surface area contributed by atoms with Crippen LogP contribution in [0.25, 0.3) is 0 Å². The lowest BCUT2D eigenvalue weighted by Gasteiger charge is -2.21. The molecule has 1 amide bonds. The molecule has 0 unspecified atom stereocenters. The van der Waals surface area contributed by atoms with Gasteiger partial charge in [0.2, 0.25) is 0 Å². The minimum Gasteiger partial charge on any atom is -0.452 e. The van der Waals surface area contributed by atoms with Gasteiger partial charge in [-0.1, -0.05) is 18.2 Å². The number of hydrogen-bond donors (Lipinski definition) is 0. The average molecular weight is 352 g/mol. The number of carbonyl (C=O) groups excluding carboxylic acids is 2. The molecule has 0 saturated carbocycles. The van der Waals surface area contributed by atoms with E-state index < -0.39 is 5.97 Å². The van der Waals surface area contributed by atoms with Crippen LogP contribution in [0.1, 0.15) is 29.8 Å². The van der Waals surface area contributed by atoms with Crippen LogP contribution in [-0.4, -0.2) is 38.1 Å². The highest BCUT2D eigenvalue weighted by molar-refractivity contribution is 5.98. The van der Waals surface area contributed by atoms with Crippen LogP contribution < -0.4 is 9.80 Å². The third-order valence-electron chi connectivity index (χ3n) is 4.75. The summed E-state index contributed by atoms with van der Waals surface area (Å²) in [6.45, 7) is 6.39. The summed E-state index contributed by atoms with van der Waals surface area (Å²) in [7, 11) is 0. The van der Waals surface area contributed by atoms with E-state index >= 15 is 0 Å². The van der Waals surface area contributed by atoms with Gasteiger partial charge in [0.1, 0.15) is 0 Å². The number of esters is 1. The van der Waals surface area contributed by atoms with Crippen molar-refractivity contribution in [3.63, 3.8) is 0 Å². The molecule has 26 heavy (non-hydrogen) atoms. The van der Waals surface area contributed by atoms with Gasteiger partial charge < -0.3 is 14.5 Å². The van der Waals surface area contributed by atoms with E-state index in [9.17, 15) is 9.59 Å². The molecular weight excluding hydrogens is 328 g/mol. The van der Waals surface area contributed by atoms with Crippen molar-refractivity contribution in [2.75, 3.05) is 36.0 Å². The van der Waals surface area contributed by atoms with Gasteiger partial charge in [0.05, 0.1) is 5.56 Å². The monoisotopic (exact) mass is 352 g/mol. The van der Waals surface area contributed by atoms with Gasteiger partial charge in [0.15, 0.2) is 6.61 Å². The molecule has 3 rings (SSSR count). The van der Waals surface area contributed by atoms with Crippen LogP contribution >= 0.6 is 0 Å². The van der Waals surface area contributed by atoms with Crippen LogP contribution in [0, 0.1) is 0 Å². The molecule has 0 spiro atoms. The fourth-order valence-corrected chi connectivity index (χ4v) is 3.28. The number of para-hydroxylation sites is 1. The zero-order valence-corrected chi connectivity index (χ0v) is 15.3. The minimum absolute atomic E-state index is 0.192. The molecule has 0 fully saturated rings. The van der Waals surface area contributed by atoms with Crippen LogP contribution in [-0.2, 0) is 16.0 Å². The highest BCUT2D eigenvalue weighted by atomic mass is 16.5. The molecule has 2 aromatic carbocycles. The molecule has 0 bridgehead atoms. The van der Waals surface area contributed by atoms with E-state index in [1.807, 2.05) is 36.4 Å². The van der Waals surface area contributed by atoms with Crippen molar-refractivity contribution in [3.05, 3.63) is 59.7 Å². The summed E-state index contributed by atoms with van der Waals surface area (Å²) in [4.78, 5) is 28.5. The molecular formula is C21H24N2O3. The van der Waals surface area contributed by atoms with Crippen molar-refractivity contribution in [2.45, 2.75) is 20.3 Å². The summed E-state index contributed by atoms with van der Waals surface area (Å²) >= 11 is 0. The van der Waals surface area contributed by atoms with E-state index in [2.05, 4.69) is 18.7 Å². The fourth-order valence-electron chi connectivity index (χ4n) is 3.28. The topological polar surface area (TPSA) is 49.9 Å². The van der Waals surface area contributed by atoms with Crippen LogP contribution in [0.2, 0.25) is 0 Å². The third kappa shape index (κ3) is 3.72. The van der Waals surface area contributed by atoms with Crippen molar-refractivity contribution >= 4 is 23.3 Å². The number of rotatable bonds is 6. The fraction of sp³-hybridized carbons (Fsp3) is 0.333. The van der Waals surface area contributed by atoms with Gasteiger partial charge >= 0.3 is 5.97 Å². The van der Waals surface area contributed by atoms with Gasteiger partial charge in [0, 0.05) is 31.0 Å². The molecule has 0 atom stereocenters. The molecule has 5 heteroatoms. The summed E-state index contributed by atoms with van der Waals surface area (Å²) in [5.74, 6) is -0.667. The van der Waals surface area contributed by atoms with E-state index in [-0.39, 0.29) is 12.5 Å². The zero-order chi connectivity index (χ0) is 18.5. The number of ether oxygens (including phenoxy) is 1. The Morgan fingerprint density at radius 2 is 1.73 bits per heavy atom. The van der Waals surface area contributed by atoms with Crippen molar-refractivity contribution in [3.8, 4) is 0 Å². The highest BCUT2D eigenvalue weighted by Crippen LogP contribution is 2.27. The van der Waals surface area contributed by atoms with E-state index in [1.54, 1.807) is 17.0 Å². The number of fused-ring (bicyclic) bond motifs is 1. The second kappa shape index (κ2) is 8.04. The van der Waals surface area contributed by atoms with E-state index in [0.717, 1.165) is 36.4 Å². The molecule has 0 N–H and O–H groups in total. The van der Waals surface area contributed by atoms with Gasteiger partial charge in [-0.15, -0.1) is 0 Å². The maximum absolute atomic E-state index is 12.4. The Morgan fingerprint density at radius 3 is 2.42 bits per heavy atom. The number of benzene rings is 2. The first kappa shape index (κ1) is 18.0. The van der Waals surface area contributed by atoms with Crippen LogP contribution in [0.5, 0.6) is 0 Å². The second-order valence-electron chi connectivity index (χ2n) is 6.22. The van der Waals surface area contributed by atoms with Crippen LogP contribution in [0.4, 0.5) is 11.4 Å². The first-order chi connectivity index (χ1) is 12.6. The number of nitrogens with zero attached hydrogens (tertiary/aromatic N) is 2. The number of anilines is 2. The molecule has 0 radical (unpaired) electrons. The second-order valence-corrected chi connectivity index (χ2v) is 6.22. The highest BCUT2D eigenvalue weighted by Gasteiger charge is 2.25. The largest absolute Gasteiger partial charge is 0.452 e. The van der Waals surface area contributed by atoms with Gasteiger partial charge in [0.25, 0.3) is 5.91 Å².